The van der Waals surface area contributed by atoms with Gasteiger partial charge in [0.25, 0.3) is 0 Å². The molecule has 0 aliphatic heterocycles. The Morgan fingerprint density at radius 2 is 2.18 bits per heavy atom. The van der Waals surface area contributed by atoms with Crippen molar-refractivity contribution in [3.05, 3.63) is 42.2 Å². The molecule has 0 heterocycles. The summed E-state index contributed by atoms with van der Waals surface area (Å²) in [5.74, 6) is -0.377. The van der Waals surface area contributed by atoms with Crippen molar-refractivity contribution in [2.45, 2.75) is 25.7 Å². The summed E-state index contributed by atoms with van der Waals surface area (Å²) in [7, 11) is 0. The molecule has 0 aromatic heterocycles. The van der Waals surface area contributed by atoms with Crippen molar-refractivity contribution in [2.75, 3.05) is 11.9 Å². The fraction of sp³-hybridized carbons (Fsp3) is 0.357. The lowest BCUT2D eigenvalue weighted by atomic mass is 10.1. The molecule has 0 bridgehead atoms. The molecule has 0 amide bonds. The molecule has 0 saturated carbocycles. The van der Waals surface area contributed by atoms with Crippen LogP contribution >= 0.6 is 0 Å². The number of nitrogens with one attached hydrogen (secondary N) is 1. The smallest absolute Gasteiger partial charge is 0.124 e. The van der Waals surface area contributed by atoms with E-state index < -0.39 is 0 Å². The lowest BCUT2D eigenvalue weighted by molar-refractivity contribution is 0.627. The van der Waals surface area contributed by atoms with Crippen molar-refractivity contribution < 1.29 is 4.39 Å². The minimum absolute atomic E-state index is 0.357. The van der Waals surface area contributed by atoms with E-state index in [1.165, 1.54) is 12.1 Å². The van der Waals surface area contributed by atoms with E-state index in [0.717, 1.165) is 32.2 Å². The highest BCUT2D eigenvalue weighted by Gasteiger charge is 2.02. The number of benzene rings is 1. The molecule has 1 aromatic carbocycles. The van der Waals surface area contributed by atoms with Crippen LogP contribution in [0.15, 0.2) is 30.9 Å². The molecule has 2 nitrogen and oxygen atoms in total. The van der Waals surface area contributed by atoms with Crippen molar-refractivity contribution in [3.8, 4) is 6.07 Å². The van der Waals surface area contributed by atoms with E-state index in [0.29, 0.717) is 11.3 Å². The molecule has 1 rings (SSSR count). The standard InChI is InChI=1S/C14H17FN2/c1-2-3-4-5-6-9-17-14-8-7-13(15)10-12(14)11-16/h2,7-8,10,17H,1,3-6,9H2. The maximum atomic E-state index is 12.9. The zero-order valence-electron chi connectivity index (χ0n) is 9.88. The Balaban J connectivity index is 2.36. The van der Waals surface area contributed by atoms with E-state index in [-0.39, 0.29) is 5.82 Å². The van der Waals surface area contributed by atoms with Gasteiger partial charge in [0.1, 0.15) is 11.9 Å². The summed E-state index contributed by atoms with van der Waals surface area (Å²) in [6.07, 6.45) is 6.26. The van der Waals surface area contributed by atoms with Gasteiger partial charge in [0.05, 0.1) is 11.3 Å². The first-order valence-corrected chi connectivity index (χ1v) is 5.82. The molecule has 90 valence electrons. The number of nitriles is 1. The highest BCUT2D eigenvalue weighted by Crippen LogP contribution is 2.16. The molecule has 0 fully saturated rings. The predicted molar refractivity (Wildman–Crippen MR) is 68.3 cm³/mol. The van der Waals surface area contributed by atoms with Gasteiger partial charge in [0, 0.05) is 6.54 Å². The molecule has 0 aliphatic carbocycles. The molecule has 0 aliphatic rings. The lowest BCUT2D eigenvalue weighted by Crippen LogP contribution is -2.03. The second kappa shape index (κ2) is 7.45. The average Bonchev–Trinajstić information content (AvgIpc) is 2.35. The summed E-state index contributed by atoms with van der Waals surface area (Å²) >= 11 is 0. The van der Waals surface area contributed by atoms with E-state index in [9.17, 15) is 4.39 Å². The Morgan fingerprint density at radius 1 is 1.35 bits per heavy atom. The van der Waals surface area contributed by atoms with Gasteiger partial charge in [-0.15, -0.1) is 6.58 Å². The third-order valence-corrected chi connectivity index (χ3v) is 2.50. The number of rotatable bonds is 7. The Kier molecular flexibility index (Phi) is 5.81. The van der Waals surface area contributed by atoms with Crippen LogP contribution in [-0.2, 0) is 0 Å². The summed E-state index contributed by atoms with van der Waals surface area (Å²) in [5, 5.41) is 12.0. The van der Waals surface area contributed by atoms with Gasteiger partial charge in [0.2, 0.25) is 0 Å². The molecular formula is C14H17FN2. The molecule has 0 radical (unpaired) electrons. The number of hydrogen-bond donors (Lipinski definition) is 1. The van der Waals surface area contributed by atoms with Crippen LogP contribution in [0.4, 0.5) is 10.1 Å². The number of nitrogens with zero attached hydrogens (tertiary/aromatic N) is 1. The first-order chi connectivity index (χ1) is 8.27. The average molecular weight is 232 g/mol. The zero-order chi connectivity index (χ0) is 12.5. The second-order valence-electron chi connectivity index (χ2n) is 3.87. The van der Waals surface area contributed by atoms with Crippen molar-refractivity contribution >= 4 is 5.69 Å². The first-order valence-electron chi connectivity index (χ1n) is 5.82. The van der Waals surface area contributed by atoms with Gasteiger partial charge in [-0.3, -0.25) is 0 Å². The molecular weight excluding hydrogens is 215 g/mol. The van der Waals surface area contributed by atoms with Gasteiger partial charge in [-0.1, -0.05) is 12.5 Å². The maximum Gasteiger partial charge on any atom is 0.124 e. The monoisotopic (exact) mass is 232 g/mol. The van der Waals surface area contributed by atoms with Gasteiger partial charge in [-0.2, -0.15) is 5.26 Å². The van der Waals surface area contributed by atoms with Crippen molar-refractivity contribution in [1.29, 1.82) is 5.26 Å². The summed E-state index contributed by atoms with van der Waals surface area (Å²) in [6.45, 7) is 4.47. The Hall–Kier alpha value is -1.82. The van der Waals surface area contributed by atoms with Gasteiger partial charge in [-0.05, 0) is 37.5 Å². The zero-order valence-corrected chi connectivity index (χ0v) is 9.88. The fourth-order valence-corrected chi connectivity index (χ4v) is 1.58. The summed E-state index contributed by atoms with van der Waals surface area (Å²) in [5.41, 5.74) is 1.06. The van der Waals surface area contributed by atoms with E-state index in [1.807, 2.05) is 12.1 Å². The van der Waals surface area contributed by atoms with Crippen LogP contribution in [0.2, 0.25) is 0 Å². The third kappa shape index (κ3) is 4.69. The summed E-state index contributed by atoms with van der Waals surface area (Å²) in [6, 6.07) is 6.20. The summed E-state index contributed by atoms with van der Waals surface area (Å²) < 4.78 is 12.9. The van der Waals surface area contributed by atoms with Crippen LogP contribution in [0.5, 0.6) is 0 Å². The van der Waals surface area contributed by atoms with Crippen LogP contribution in [0, 0.1) is 17.1 Å². The van der Waals surface area contributed by atoms with E-state index in [4.69, 9.17) is 5.26 Å². The first kappa shape index (κ1) is 13.2. The SMILES string of the molecule is C=CCCCCCNc1ccc(F)cc1C#N. The molecule has 0 spiro atoms. The minimum atomic E-state index is -0.377. The van der Waals surface area contributed by atoms with E-state index >= 15 is 0 Å². The molecule has 17 heavy (non-hydrogen) atoms. The van der Waals surface area contributed by atoms with Crippen LogP contribution in [0.3, 0.4) is 0 Å². The highest BCUT2D eigenvalue weighted by atomic mass is 19.1. The molecule has 1 N–H and O–H groups in total. The number of halogens is 1. The number of hydrogen-bond acceptors (Lipinski definition) is 2. The number of anilines is 1. The predicted octanol–water partition coefficient (Wildman–Crippen LogP) is 3.86. The molecule has 0 saturated heterocycles. The molecule has 0 unspecified atom stereocenters. The quantitative estimate of drug-likeness (QED) is 0.572. The fourth-order valence-electron chi connectivity index (χ4n) is 1.58. The third-order valence-electron chi connectivity index (χ3n) is 2.50. The normalized spacial score (nSPS) is 9.65. The summed E-state index contributed by atoms with van der Waals surface area (Å²) in [4.78, 5) is 0. The van der Waals surface area contributed by atoms with Crippen molar-refractivity contribution in [2.24, 2.45) is 0 Å². The molecule has 1 aromatic rings. The van der Waals surface area contributed by atoms with Crippen LogP contribution in [0.25, 0.3) is 0 Å². The van der Waals surface area contributed by atoms with Gasteiger partial charge >= 0.3 is 0 Å². The van der Waals surface area contributed by atoms with Gasteiger partial charge in [0.15, 0.2) is 0 Å². The van der Waals surface area contributed by atoms with E-state index in [1.54, 1.807) is 6.07 Å². The van der Waals surface area contributed by atoms with Crippen molar-refractivity contribution in [1.82, 2.24) is 0 Å². The minimum Gasteiger partial charge on any atom is -0.384 e. The molecule has 0 atom stereocenters. The topological polar surface area (TPSA) is 35.8 Å². The van der Waals surface area contributed by atoms with Crippen molar-refractivity contribution in [3.63, 3.8) is 0 Å². The largest absolute Gasteiger partial charge is 0.384 e. The van der Waals surface area contributed by atoms with Crippen LogP contribution in [0.1, 0.15) is 31.2 Å². The van der Waals surface area contributed by atoms with Crippen LogP contribution in [-0.4, -0.2) is 6.54 Å². The Labute approximate surface area is 102 Å². The van der Waals surface area contributed by atoms with Gasteiger partial charge in [-0.25, -0.2) is 4.39 Å². The number of unbranched alkanes of at least 4 members (excludes halogenated alkanes) is 3. The highest BCUT2D eigenvalue weighted by molar-refractivity contribution is 5.57. The second-order valence-corrected chi connectivity index (χ2v) is 3.87. The van der Waals surface area contributed by atoms with Crippen LogP contribution < -0.4 is 5.32 Å². The Morgan fingerprint density at radius 3 is 2.88 bits per heavy atom. The molecule has 3 heteroatoms. The number of allylic oxidation sites excluding steroid dienone is 1. The lowest BCUT2D eigenvalue weighted by Gasteiger charge is -2.07. The van der Waals surface area contributed by atoms with Gasteiger partial charge < -0.3 is 5.32 Å². The maximum absolute atomic E-state index is 12.9. The Bertz CT molecular complexity index is 407. The van der Waals surface area contributed by atoms with E-state index in [2.05, 4.69) is 11.9 Å².